The number of rotatable bonds is 1. The Labute approximate surface area is 76.3 Å². The molecule has 3 heteroatoms. The van der Waals surface area contributed by atoms with E-state index in [4.69, 9.17) is 5.73 Å². The van der Waals surface area contributed by atoms with Crippen molar-refractivity contribution >= 4 is 12.1 Å². The van der Waals surface area contributed by atoms with Crippen molar-refractivity contribution in [3.63, 3.8) is 0 Å². The molecule has 0 aliphatic carbocycles. The van der Waals surface area contributed by atoms with E-state index in [1.807, 2.05) is 18.3 Å². The second-order valence-corrected chi connectivity index (χ2v) is 3.03. The summed E-state index contributed by atoms with van der Waals surface area (Å²) in [5.41, 5.74) is 8.03. The van der Waals surface area contributed by atoms with Crippen molar-refractivity contribution in [2.75, 3.05) is 0 Å². The fraction of sp³-hybridized carbons (Fsp3) is 0.200. The van der Waals surface area contributed by atoms with E-state index in [1.54, 1.807) is 6.07 Å². The summed E-state index contributed by atoms with van der Waals surface area (Å²) in [6.45, 7) is 0.663. The normalized spacial score (nSPS) is 13.8. The number of hydrogen-bond donors (Lipinski definition) is 1. The molecule has 0 radical (unpaired) electrons. The molecule has 0 aromatic heterocycles. The number of fused-ring (bicyclic) bond motifs is 1. The molecule has 0 fully saturated rings. The van der Waals surface area contributed by atoms with Gasteiger partial charge in [0, 0.05) is 18.2 Å². The SMILES string of the molecule is NC(=O)c1cccc2c1CC=NC2. The quantitative estimate of drug-likeness (QED) is 0.676. The summed E-state index contributed by atoms with van der Waals surface area (Å²) in [4.78, 5) is 15.2. The first-order chi connectivity index (χ1) is 6.29. The van der Waals surface area contributed by atoms with Crippen molar-refractivity contribution in [1.29, 1.82) is 0 Å². The van der Waals surface area contributed by atoms with Gasteiger partial charge >= 0.3 is 0 Å². The lowest BCUT2D eigenvalue weighted by Crippen LogP contribution is -2.16. The number of amides is 1. The predicted octanol–water partition coefficient (Wildman–Crippen LogP) is 0.912. The zero-order valence-corrected chi connectivity index (χ0v) is 7.16. The maximum absolute atomic E-state index is 11.1. The van der Waals surface area contributed by atoms with Crippen LogP contribution in [0.15, 0.2) is 23.2 Å². The molecule has 1 heterocycles. The van der Waals surface area contributed by atoms with Crippen LogP contribution < -0.4 is 5.73 Å². The Morgan fingerprint density at radius 2 is 2.31 bits per heavy atom. The molecule has 0 saturated carbocycles. The molecule has 66 valence electrons. The molecular weight excluding hydrogens is 164 g/mol. The van der Waals surface area contributed by atoms with Crippen LogP contribution in [0, 0.1) is 0 Å². The van der Waals surface area contributed by atoms with Gasteiger partial charge in [-0.2, -0.15) is 0 Å². The Morgan fingerprint density at radius 3 is 3.08 bits per heavy atom. The number of carbonyl (C=O) groups is 1. The molecule has 1 aliphatic heterocycles. The fourth-order valence-corrected chi connectivity index (χ4v) is 1.57. The Bertz CT molecular complexity index is 383. The third-order valence-corrected chi connectivity index (χ3v) is 2.22. The highest BCUT2D eigenvalue weighted by atomic mass is 16.1. The predicted molar refractivity (Wildman–Crippen MR) is 50.9 cm³/mol. The van der Waals surface area contributed by atoms with Gasteiger partial charge in [-0.25, -0.2) is 0 Å². The van der Waals surface area contributed by atoms with Crippen LogP contribution in [0.2, 0.25) is 0 Å². The molecule has 1 aliphatic rings. The lowest BCUT2D eigenvalue weighted by atomic mass is 9.96. The number of aliphatic imine (C=N–C) groups is 1. The third kappa shape index (κ3) is 1.33. The fourth-order valence-electron chi connectivity index (χ4n) is 1.57. The van der Waals surface area contributed by atoms with E-state index in [2.05, 4.69) is 4.99 Å². The van der Waals surface area contributed by atoms with Crippen LogP contribution in [-0.2, 0) is 13.0 Å². The van der Waals surface area contributed by atoms with Crippen LogP contribution in [0.1, 0.15) is 21.5 Å². The smallest absolute Gasteiger partial charge is 0.248 e. The molecule has 0 saturated heterocycles. The Kier molecular flexibility index (Phi) is 1.85. The Balaban J connectivity index is 2.55. The van der Waals surface area contributed by atoms with Crippen molar-refractivity contribution in [1.82, 2.24) is 0 Å². The molecule has 2 N–H and O–H groups in total. The highest BCUT2D eigenvalue weighted by molar-refractivity contribution is 5.95. The Morgan fingerprint density at radius 1 is 1.46 bits per heavy atom. The first-order valence-corrected chi connectivity index (χ1v) is 4.18. The molecule has 1 aromatic carbocycles. The minimum Gasteiger partial charge on any atom is -0.366 e. The van der Waals surface area contributed by atoms with Crippen LogP contribution >= 0.6 is 0 Å². The maximum Gasteiger partial charge on any atom is 0.248 e. The minimum atomic E-state index is -0.354. The van der Waals surface area contributed by atoms with E-state index < -0.39 is 0 Å². The zero-order valence-electron chi connectivity index (χ0n) is 7.16. The largest absolute Gasteiger partial charge is 0.366 e. The van der Waals surface area contributed by atoms with Crippen LogP contribution in [0.3, 0.4) is 0 Å². The average molecular weight is 174 g/mol. The zero-order chi connectivity index (χ0) is 9.26. The van der Waals surface area contributed by atoms with E-state index >= 15 is 0 Å². The number of nitrogens with zero attached hydrogens (tertiary/aromatic N) is 1. The van der Waals surface area contributed by atoms with Gasteiger partial charge in [-0.3, -0.25) is 9.79 Å². The topological polar surface area (TPSA) is 55.5 Å². The second kappa shape index (κ2) is 3.01. The summed E-state index contributed by atoms with van der Waals surface area (Å²) in [6, 6.07) is 5.60. The average Bonchev–Trinajstić information content (AvgIpc) is 2.17. The molecule has 2 rings (SSSR count). The van der Waals surface area contributed by atoms with Gasteiger partial charge in [0.25, 0.3) is 0 Å². The van der Waals surface area contributed by atoms with Gasteiger partial charge in [-0.15, -0.1) is 0 Å². The van der Waals surface area contributed by atoms with E-state index in [0.717, 1.165) is 11.1 Å². The lowest BCUT2D eigenvalue weighted by molar-refractivity contribution is 0.0999. The van der Waals surface area contributed by atoms with Crippen molar-refractivity contribution < 1.29 is 4.79 Å². The lowest BCUT2D eigenvalue weighted by Gasteiger charge is -2.12. The molecule has 1 amide bonds. The number of benzene rings is 1. The first-order valence-electron chi connectivity index (χ1n) is 4.18. The van der Waals surface area contributed by atoms with Gasteiger partial charge < -0.3 is 5.73 Å². The molecule has 0 atom stereocenters. The van der Waals surface area contributed by atoms with Gasteiger partial charge in [0.2, 0.25) is 5.91 Å². The summed E-state index contributed by atoms with van der Waals surface area (Å²) in [5.74, 6) is -0.354. The van der Waals surface area contributed by atoms with Crippen LogP contribution in [-0.4, -0.2) is 12.1 Å². The maximum atomic E-state index is 11.1. The summed E-state index contributed by atoms with van der Waals surface area (Å²) in [7, 11) is 0. The van der Waals surface area contributed by atoms with Gasteiger partial charge in [0.05, 0.1) is 6.54 Å². The molecule has 0 bridgehead atoms. The van der Waals surface area contributed by atoms with Gasteiger partial charge in [0.15, 0.2) is 0 Å². The van der Waals surface area contributed by atoms with E-state index in [9.17, 15) is 4.79 Å². The molecule has 13 heavy (non-hydrogen) atoms. The molecule has 3 nitrogen and oxygen atoms in total. The van der Waals surface area contributed by atoms with E-state index in [0.29, 0.717) is 18.5 Å². The van der Waals surface area contributed by atoms with Crippen molar-refractivity contribution in [2.24, 2.45) is 10.7 Å². The van der Waals surface area contributed by atoms with Crippen LogP contribution in [0.5, 0.6) is 0 Å². The summed E-state index contributed by atoms with van der Waals surface area (Å²) in [5, 5.41) is 0. The van der Waals surface area contributed by atoms with Gasteiger partial charge in [-0.05, 0) is 17.2 Å². The summed E-state index contributed by atoms with van der Waals surface area (Å²) >= 11 is 0. The molecule has 0 unspecified atom stereocenters. The van der Waals surface area contributed by atoms with Crippen LogP contribution in [0.4, 0.5) is 0 Å². The van der Waals surface area contributed by atoms with Gasteiger partial charge in [-0.1, -0.05) is 12.1 Å². The number of primary amides is 1. The van der Waals surface area contributed by atoms with Crippen molar-refractivity contribution in [3.8, 4) is 0 Å². The Hall–Kier alpha value is -1.64. The molecule has 1 aromatic rings. The summed E-state index contributed by atoms with van der Waals surface area (Å²) < 4.78 is 0. The molecule has 0 spiro atoms. The number of carbonyl (C=O) groups excluding carboxylic acids is 1. The van der Waals surface area contributed by atoms with Crippen molar-refractivity contribution in [2.45, 2.75) is 13.0 Å². The van der Waals surface area contributed by atoms with Crippen LogP contribution in [0.25, 0.3) is 0 Å². The standard InChI is InChI=1S/C10H10N2O/c11-10(13)9-3-1-2-7-6-12-5-4-8(7)9/h1-3,5H,4,6H2,(H2,11,13). The first kappa shape index (κ1) is 7.98. The number of hydrogen-bond acceptors (Lipinski definition) is 2. The minimum absolute atomic E-state index is 0.354. The highest BCUT2D eigenvalue weighted by Gasteiger charge is 2.12. The van der Waals surface area contributed by atoms with E-state index in [-0.39, 0.29) is 5.91 Å². The number of nitrogens with two attached hydrogens (primary N) is 1. The summed E-state index contributed by atoms with van der Waals surface area (Å²) in [6.07, 6.45) is 2.54. The highest BCUT2D eigenvalue weighted by Crippen LogP contribution is 2.18. The third-order valence-electron chi connectivity index (χ3n) is 2.22. The second-order valence-electron chi connectivity index (χ2n) is 3.03. The van der Waals surface area contributed by atoms with Crippen molar-refractivity contribution in [3.05, 3.63) is 34.9 Å². The van der Waals surface area contributed by atoms with E-state index in [1.165, 1.54) is 0 Å². The van der Waals surface area contributed by atoms with Gasteiger partial charge in [0.1, 0.15) is 0 Å². The monoisotopic (exact) mass is 174 g/mol. The molecular formula is C10H10N2O.